The molecule has 1 unspecified atom stereocenters. The van der Waals surface area contributed by atoms with Gasteiger partial charge in [-0.15, -0.1) is 0 Å². The van der Waals surface area contributed by atoms with Gasteiger partial charge in [0.1, 0.15) is 0 Å². The number of rotatable bonds is 9. The summed E-state index contributed by atoms with van der Waals surface area (Å²) < 4.78 is 9.52. The summed E-state index contributed by atoms with van der Waals surface area (Å²) in [6, 6.07) is -0.397. The number of nitrogens with one attached hydrogen (secondary N) is 2. The number of hydrogen-bond donors (Lipinski definition) is 3. The minimum absolute atomic E-state index is 0.0598. The predicted molar refractivity (Wildman–Crippen MR) is 60.9 cm³/mol. The summed E-state index contributed by atoms with van der Waals surface area (Å²) in [6.07, 6.45) is 0.662. The van der Waals surface area contributed by atoms with Crippen molar-refractivity contribution in [3.63, 3.8) is 0 Å². The summed E-state index contributed by atoms with van der Waals surface area (Å²) in [5.74, 6) is -1.10. The third-order valence-electron chi connectivity index (χ3n) is 2.07. The van der Waals surface area contributed by atoms with Crippen LogP contribution in [0.15, 0.2) is 0 Å². The third-order valence-corrected chi connectivity index (χ3v) is 2.07. The van der Waals surface area contributed by atoms with Crippen LogP contribution in [-0.4, -0.2) is 57.1 Å². The number of methoxy groups -OCH3 is 2. The van der Waals surface area contributed by atoms with Crippen molar-refractivity contribution in [2.45, 2.75) is 18.9 Å². The molecule has 0 aromatic rings. The lowest BCUT2D eigenvalue weighted by molar-refractivity contribution is -0.147. The molecular formula is C10H20N2O5. The molecule has 7 nitrogen and oxygen atoms in total. The van der Waals surface area contributed by atoms with E-state index in [-0.39, 0.29) is 6.54 Å². The van der Waals surface area contributed by atoms with Crippen LogP contribution >= 0.6 is 0 Å². The van der Waals surface area contributed by atoms with Crippen molar-refractivity contribution < 1.29 is 24.2 Å². The zero-order valence-corrected chi connectivity index (χ0v) is 10.2. The molecule has 0 saturated heterocycles. The maximum atomic E-state index is 11.2. The first-order chi connectivity index (χ1) is 8.11. The Morgan fingerprint density at radius 3 is 2.47 bits per heavy atom. The smallest absolute Gasteiger partial charge is 0.334 e. The number of amides is 2. The summed E-state index contributed by atoms with van der Waals surface area (Å²) in [7, 11) is 2.90. The first kappa shape index (κ1) is 15.7. The topological polar surface area (TPSA) is 96.9 Å². The van der Waals surface area contributed by atoms with Crippen molar-refractivity contribution in [3.05, 3.63) is 0 Å². The Balaban J connectivity index is 3.55. The van der Waals surface area contributed by atoms with Gasteiger partial charge >= 0.3 is 12.0 Å². The van der Waals surface area contributed by atoms with E-state index in [0.717, 1.165) is 12.8 Å². The molecule has 0 aliphatic carbocycles. The monoisotopic (exact) mass is 248 g/mol. The summed E-state index contributed by atoms with van der Waals surface area (Å²) in [5.41, 5.74) is 0. The van der Waals surface area contributed by atoms with Gasteiger partial charge in [-0.1, -0.05) is 0 Å². The Hall–Kier alpha value is -1.34. The Bertz CT molecular complexity index is 235. The first-order valence-electron chi connectivity index (χ1n) is 5.38. The Morgan fingerprint density at radius 1 is 1.24 bits per heavy atom. The number of carbonyl (C=O) groups is 2. The number of carbonyl (C=O) groups excluding carboxylic acids is 1. The zero-order chi connectivity index (χ0) is 13.1. The number of hydrogen-bond acceptors (Lipinski definition) is 4. The maximum absolute atomic E-state index is 11.2. The average molecular weight is 248 g/mol. The predicted octanol–water partition coefficient (Wildman–Crippen LogP) is -0.188. The molecule has 0 heterocycles. The molecule has 100 valence electrons. The van der Waals surface area contributed by atoms with Crippen molar-refractivity contribution in [2.75, 3.05) is 33.9 Å². The van der Waals surface area contributed by atoms with Gasteiger partial charge in [0.15, 0.2) is 6.10 Å². The fourth-order valence-corrected chi connectivity index (χ4v) is 1.09. The van der Waals surface area contributed by atoms with Crippen LogP contribution < -0.4 is 10.6 Å². The van der Waals surface area contributed by atoms with E-state index in [9.17, 15) is 9.59 Å². The molecule has 7 heteroatoms. The molecule has 0 aliphatic rings. The fraction of sp³-hybridized carbons (Fsp3) is 0.800. The van der Waals surface area contributed by atoms with Crippen molar-refractivity contribution >= 4 is 12.0 Å². The van der Waals surface area contributed by atoms with Crippen LogP contribution in [0, 0.1) is 0 Å². The van der Waals surface area contributed by atoms with Gasteiger partial charge in [-0.05, 0) is 12.8 Å². The minimum atomic E-state index is -1.10. The quantitative estimate of drug-likeness (QED) is 0.491. The lowest BCUT2D eigenvalue weighted by Gasteiger charge is -2.12. The maximum Gasteiger partial charge on any atom is 0.334 e. The van der Waals surface area contributed by atoms with E-state index in [4.69, 9.17) is 9.84 Å². The largest absolute Gasteiger partial charge is 0.479 e. The van der Waals surface area contributed by atoms with E-state index in [2.05, 4.69) is 15.4 Å². The van der Waals surface area contributed by atoms with Crippen LogP contribution in [0.3, 0.4) is 0 Å². The summed E-state index contributed by atoms with van der Waals surface area (Å²) in [6.45, 7) is 1.13. The molecule has 0 aliphatic heterocycles. The Morgan fingerprint density at radius 2 is 1.94 bits per heavy atom. The SMILES string of the molecule is COCCCCNC(=O)NCC(OC)C(=O)O. The number of carboxylic acid groups (broad SMARTS) is 1. The van der Waals surface area contributed by atoms with Crippen molar-refractivity contribution in [1.82, 2.24) is 10.6 Å². The van der Waals surface area contributed by atoms with E-state index < -0.39 is 18.1 Å². The van der Waals surface area contributed by atoms with Crippen LogP contribution in [0.4, 0.5) is 4.79 Å². The van der Waals surface area contributed by atoms with Crippen LogP contribution in [0.2, 0.25) is 0 Å². The summed E-state index contributed by atoms with van der Waals surface area (Å²) in [4.78, 5) is 21.8. The van der Waals surface area contributed by atoms with Gasteiger partial charge in [-0.3, -0.25) is 0 Å². The number of ether oxygens (including phenoxy) is 2. The van der Waals surface area contributed by atoms with Crippen LogP contribution in [0.25, 0.3) is 0 Å². The van der Waals surface area contributed by atoms with E-state index >= 15 is 0 Å². The van der Waals surface area contributed by atoms with E-state index in [0.29, 0.717) is 13.2 Å². The highest BCUT2D eigenvalue weighted by Gasteiger charge is 2.16. The number of unbranched alkanes of at least 4 members (excludes halogenated alkanes) is 1. The van der Waals surface area contributed by atoms with Crippen molar-refractivity contribution in [1.29, 1.82) is 0 Å². The number of aliphatic carboxylic acids is 1. The number of carboxylic acids is 1. The average Bonchev–Trinajstić information content (AvgIpc) is 2.29. The standard InChI is InChI=1S/C10H20N2O5/c1-16-6-4-3-5-11-10(15)12-7-8(17-2)9(13)14/h8H,3-7H2,1-2H3,(H,13,14)(H2,11,12,15). The van der Waals surface area contributed by atoms with Crippen LogP contribution in [0.1, 0.15) is 12.8 Å². The second-order valence-electron chi connectivity index (χ2n) is 3.40. The van der Waals surface area contributed by atoms with Gasteiger partial charge in [0.05, 0.1) is 6.54 Å². The zero-order valence-electron chi connectivity index (χ0n) is 10.2. The normalized spacial score (nSPS) is 11.9. The molecule has 0 aromatic heterocycles. The Kier molecular flexibility index (Phi) is 9.08. The van der Waals surface area contributed by atoms with Crippen molar-refractivity contribution in [3.8, 4) is 0 Å². The number of urea groups is 1. The Labute approximate surface area is 100 Å². The van der Waals surface area contributed by atoms with Gasteiger partial charge in [-0.25, -0.2) is 9.59 Å². The van der Waals surface area contributed by atoms with Gasteiger partial charge in [0.25, 0.3) is 0 Å². The molecule has 2 amide bonds. The molecule has 0 saturated carbocycles. The van der Waals surface area contributed by atoms with Gasteiger partial charge < -0.3 is 25.2 Å². The van der Waals surface area contributed by atoms with Gasteiger partial charge in [0.2, 0.25) is 0 Å². The molecule has 1 atom stereocenters. The second-order valence-corrected chi connectivity index (χ2v) is 3.40. The first-order valence-corrected chi connectivity index (χ1v) is 5.38. The van der Waals surface area contributed by atoms with Crippen LogP contribution in [-0.2, 0) is 14.3 Å². The minimum Gasteiger partial charge on any atom is -0.479 e. The van der Waals surface area contributed by atoms with Crippen LogP contribution in [0.5, 0.6) is 0 Å². The highest BCUT2D eigenvalue weighted by molar-refractivity contribution is 5.76. The van der Waals surface area contributed by atoms with Gasteiger partial charge in [-0.2, -0.15) is 0 Å². The highest BCUT2D eigenvalue weighted by Crippen LogP contribution is 1.88. The molecule has 0 aromatic carbocycles. The lowest BCUT2D eigenvalue weighted by Crippen LogP contribution is -2.43. The van der Waals surface area contributed by atoms with Gasteiger partial charge in [0, 0.05) is 27.4 Å². The fourth-order valence-electron chi connectivity index (χ4n) is 1.09. The van der Waals surface area contributed by atoms with Crippen molar-refractivity contribution in [2.24, 2.45) is 0 Å². The second kappa shape index (κ2) is 9.86. The molecule has 17 heavy (non-hydrogen) atoms. The molecule has 0 rings (SSSR count). The summed E-state index contributed by atoms with van der Waals surface area (Å²) >= 11 is 0. The van der Waals surface area contributed by atoms with E-state index in [1.807, 2.05) is 0 Å². The third kappa shape index (κ3) is 8.47. The molecule has 0 fully saturated rings. The van der Waals surface area contributed by atoms with E-state index in [1.165, 1.54) is 7.11 Å². The molecule has 0 spiro atoms. The van der Waals surface area contributed by atoms with E-state index in [1.54, 1.807) is 7.11 Å². The molecule has 0 bridgehead atoms. The molecule has 0 radical (unpaired) electrons. The summed E-state index contributed by atoms with van der Waals surface area (Å²) in [5, 5.41) is 13.7. The molecular weight excluding hydrogens is 228 g/mol. The lowest BCUT2D eigenvalue weighted by atomic mass is 10.3. The highest BCUT2D eigenvalue weighted by atomic mass is 16.5. The molecule has 3 N–H and O–H groups in total.